The van der Waals surface area contributed by atoms with Gasteiger partial charge in [-0.05, 0) is 134 Å². The normalized spacial score (nSPS) is 26.9. The Morgan fingerprint density at radius 1 is 0.720 bits per heavy atom. The number of aliphatic hydroxyl groups excluding tert-OH is 1. The smallest absolute Gasteiger partial charge is 0.227 e. The Balaban J connectivity index is 0.000000561. The van der Waals surface area contributed by atoms with Crippen molar-refractivity contribution in [2.75, 3.05) is 10.6 Å². The van der Waals surface area contributed by atoms with Gasteiger partial charge >= 0.3 is 0 Å². The molecule has 1 aromatic carbocycles. The molecule has 6 nitrogen and oxygen atoms in total. The zero-order valence-corrected chi connectivity index (χ0v) is 34.5. The van der Waals surface area contributed by atoms with Gasteiger partial charge in [0.25, 0.3) is 0 Å². The number of nitrogens with one attached hydrogen (secondary N) is 3. The fourth-order valence-electron chi connectivity index (χ4n) is 8.51. The minimum atomic E-state index is -0.566. The molecule has 0 radical (unpaired) electrons. The maximum absolute atomic E-state index is 13.2. The molecule has 3 aliphatic rings. The third kappa shape index (κ3) is 15.0. The summed E-state index contributed by atoms with van der Waals surface area (Å²) in [5.74, 6) is 3.67. The first-order valence-corrected chi connectivity index (χ1v) is 20.4. The second kappa shape index (κ2) is 20.4. The van der Waals surface area contributed by atoms with Crippen LogP contribution in [0.15, 0.2) is 18.2 Å². The van der Waals surface area contributed by atoms with Crippen LogP contribution in [0, 0.1) is 51.8 Å². The molecule has 3 fully saturated rings. The molecule has 1 aromatic rings. The van der Waals surface area contributed by atoms with Gasteiger partial charge in [0.1, 0.15) is 6.23 Å². The summed E-state index contributed by atoms with van der Waals surface area (Å²) in [6.07, 6.45) is 15.5. The summed E-state index contributed by atoms with van der Waals surface area (Å²) in [5.41, 5.74) is 3.39. The molecule has 0 saturated heterocycles. The van der Waals surface area contributed by atoms with E-state index in [2.05, 4.69) is 85.2 Å². The Hall–Kier alpha value is -1.92. The van der Waals surface area contributed by atoms with Crippen molar-refractivity contribution in [3.63, 3.8) is 0 Å². The van der Waals surface area contributed by atoms with Crippen LogP contribution in [0.25, 0.3) is 0 Å². The fourth-order valence-corrected chi connectivity index (χ4v) is 8.51. The monoisotopic (exact) mass is 698 g/mol. The fraction of sp³-hybridized carbons (Fsp3) is 0.818. The average molecular weight is 698 g/mol. The van der Waals surface area contributed by atoms with Gasteiger partial charge in [-0.2, -0.15) is 0 Å². The number of amides is 2. The molecule has 2 amide bonds. The second-order valence-electron chi connectivity index (χ2n) is 19.1. The molecule has 2 unspecified atom stereocenters. The first kappa shape index (κ1) is 44.2. The van der Waals surface area contributed by atoms with Crippen molar-refractivity contribution in [2.45, 2.75) is 179 Å². The number of carbonyl (C=O) groups is 2. The summed E-state index contributed by atoms with van der Waals surface area (Å²) in [5, 5.41) is 20.0. The van der Waals surface area contributed by atoms with Gasteiger partial charge in [0, 0.05) is 23.8 Å². The molecule has 288 valence electrons. The lowest BCUT2D eigenvalue weighted by Crippen LogP contribution is -2.39. The topological polar surface area (TPSA) is 90.5 Å². The average Bonchev–Trinajstić information content (AvgIpc) is 3.32. The predicted octanol–water partition coefficient (Wildman–Crippen LogP) is 11.6. The van der Waals surface area contributed by atoms with Crippen molar-refractivity contribution in [1.82, 2.24) is 5.32 Å². The van der Waals surface area contributed by atoms with Crippen molar-refractivity contribution in [3.05, 3.63) is 23.8 Å². The molecule has 0 spiro atoms. The van der Waals surface area contributed by atoms with E-state index in [0.29, 0.717) is 47.0 Å². The van der Waals surface area contributed by atoms with E-state index >= 15 is 0 Å². The molecule has 3 atom stereocenters. The number of hydrogen-bond acceptors (Lipinski definition) is 4. The predicted molar refractivity (Wildman–Crippen MR) is 214 cm³/mol. The molecule has 50 heavy (non-hydrogen) atoms. The van der Waals surface area contributed by atoms with Gasteiger partial charge in [0.2, 0.25) is 12.3 Å². The van der Waals surface area contributed by atoms with E-state index in [1.165, 1.54) is 32.1 Å². The first-order valence-electron chi connectivity index (χ1n) is 20.4. The van der Waals surface area contributed by atoms with Gasteiger partial charge in [-0.3, -0.25) is 14.9 Å². The second-order valence-corrected chi connectivity index (χ2v) is 19.1. The Morgan fingerprint density at radius 3 is 1.72 bits per heavy atom. The Bertz CT molecular complexity index is 1130. The molecule has 0 aromatic heterocycles. The lowest BCUT2D eigenvalue weighted by atomic mass is 9.69. The van der Waals surface area contributed by atoms with Crippen molar-refractivity contribution >= 4 is 23.7 Å². The number of rotatable bonds is 8. The van der Waals surface area contributed by atoms with E-state index in [0.717, 1.165) is 68.8 Å². The quantitative estimate of drug-likeness (QED) is 0.124. The summed E-state index contributed by atoms with van der Waals surface area (Å²) < 4.78 is 0. The van der Waals surface area contributed by atoms with E-state index in [4.69, 9.17) is 0 Å². The van der Waals surface area contributed by atoms with Crippen LogP contribution in [-0.4, -0.2) is 23.7 Å². The molecule has 4 rings (SSSR count). The Labute approximate surface area is 308 Å². The number of carbonyl (C=O) groups excluding carboxylic acids is 2. The van der Waals surface area contributed by atoms with Crippen molar-refractivity contribution < 1.29 is 14.7 Å². The molecule has 3 aliphatic carbocycles. The van der Waals surface area contributed by atoms with Gasteiger partial charge in [-0.25, -0.2) is 0 Å². The summed E-state index contributed by atoms with van der Waals surface area (Å²) in [6.45, 7) is 27.8. The molecular formula is C44H79N3O3. The lowest BCUT2D eigenvalue weighted by Gasteiger charge is -2.38. The Kier molecular flexibility index (Phi) is 18.0. The SMILES string of the molecule is CC.CC(C)(C)C1CCC(C(O)NCc2cc(NC=O)cc(NC(=O)[C@@H]3CCCC(C(C)(C)C)CC3)c2)CC1.CC1CCC(C(C)(C)C)CC1. The highest BCUT2D eigenvalue weighted by atomic mass is 16.3. The minimum Gasteiger partial charge on any atom is -0.378 e. The zero-order valence-electron chi connectivity index (χ0n) is 34.5. The highest BCUT2D eigenvalue weighted by Gasteiger charge is 2.33. The van der Waals surface area contributed by atoms with Crippen LogP contribution in [0.2, 0.25) is 0 Å². The lowest BCUT2D eigenvalue weighted by molar-refractivity contribution is -0.120. The van der Waals surface area contributed by atoms with Crippen molar-refractivity contribution in [3.8, 4) is 0 Å². The molecule has 3 saturated carbocycles. The van der Waals surface area contributed by atoms with Gasteiger partial charge in [0.05, 0.1) is 0 Å². The van der Waals surface area contributed by atoms with Gasteiger partial charge in [-0.1, -0.05) is 102 Å². The van der Waals surface area contributed by atoms with Gasteiger partial charge in [-0.15, -0.1) is 0 Å². The van der Waals surface area contributed by atoms with Gasteiger partial charge < -0.3 is 15.7 Å². The van der Waals surface area contributed by atoms with Crippen molar-refractivity contribution in [1.29, 1.82) is 0 Å². The largest absolute Gasteiger partial charge is 0.378 e. The van der Waals surface area contributed by atoms with E-state index in [9.17, 15) is 14.7 Å². The third-order valence-corrected chi connectivity index (χ3v) is 12.2. The summed E-state index contributed by atoms with van der Waals surface area (Å²) >= 11 is 0. The molecule has 6 heteroatoms. The number of benzene rings is 1. The maximum atomic E-state index is 13.2. The number of aliphatic hydroxyl groups is 1. The summed E-state index contributed by atoms with van der Waals surface area (Å²) in [4.78, 5) is 24.3. The van der Waals surface area contributed by atoms with Crippen LogP contribution in [0.3, 0.4) is 0 Å². The van der Waals surface area contributed by atoms with E-state index in [-0.39, 0.29) is 23.2 Å². The van der Waals surface area contributed by atoms with E-state index in [1.807, 2.05) is 26.0 Å². The Morgan fingerprint density at radius 2 is 1.20 bits per heavy atom. The molecule has 0 bridgehead atoms. The molecular weight excluding hydrogens is 619 g/mol. The van der Waals surface area contributed by atoms with Crippen LogP contribution in [0.5, 0.6) is 0 Å². The van der Waals surface area contributed by atoms with Crippen LogP contribution in [-0.2, 0) is 16.1 Å². The zero-order chi connectivity index (χ0) is 37.7. The third-order valence-electron chi connectivity index (χ3n) is 12.2. The van der Waals surface area contributed by atoms with Crippen LogP contribution in [0.4, 0.5) is 11.4 Å². The maximum Gasteiger partial charge on any atom is 0.227 e. The van der Waals surface area contributed by atoms with E-state index < -0.39 is 6.23 Å². The minimum absolute atomic E-state index is 0.0154. The molecule has 0 aliphatic heterocycles. The molecule has 4 N–H and O–H groups in total. The highest BCUT2D eigenvalue weighted by Crippen LogP contribution is 2.42. The summed E-state index contributed by atoms with van der Waals surface area (Å²) in [7, 11) is 0. The molecule has 0 heterocycles. The number of hydrogen-bond donors (Lipinski definition) is 4. The van der Waals surface area contributed by atoms with E-state index in [1.54, 1.807) is 6.07 Å². The number of anilines is 2. The van der Waals surface area contributed by atoms with Crippen molar-refractivity contribution in [2.24, 2.45) is 51.8 Å². The highest BCUT2D eigenvalue weighted by molar-refractivity contribution is 5.93. The van der Waals surface area contributed by atoms with Gasteiger partial charge in [0.15, 0.2) is 0 Å². The van der Waals surface area contributed by atoms with Crippen LogP contribution >= 0.6 is 0 Å². The standard InChI is InChI=1S/C31H51N3O3.C11H22.C2H6/c1-30(2,3)24-9-7-8-22(10-13-24)29(37)34-27-17-21(16-26(18-27)33-20-35)19-32-28(36)23-11-14-25(15-12-23)31(4,5)6;1-9-5-7-10(8-6-9)11(2,3)4;1-2/h16-18,20,22-25,28,32,36H,7-15,19H2,1-6H3,(H,33,35)(H,34,37);9-10H,5-8H2,1-4H3;1-2H3/t22-,23?,24?,25?,28?;;/m1../s1. The summed E-state index contributed by atoms with van der Waals surface area (Å²) in [6, 6.07) is 5.63. The first-order chi connectivity index (χ1) is 23.4. The van der Waals surface area contributed by atoms with Crippen LogP contribution in [0.1, 0.15) is 172 Å². The van der Waals surface area contributed by atoms with Crippen LogP contribution < -0.4 is 16.0 Å².